The number of rotatable bonds is 31. The number of esters is 3. The van der Waals surface area contributed by atoms with Crippen molar-refractivity contribution < 1.29 is 38.9 Å². The third-order valence-electron chi connectivity index (χ3n) is 7.99. The first-order chi connectivity index (χ1) is 20.7. The highest BCUT2D eigenvalue weighted by Crippen LogP contribution is 2.19. The molecule has 0 aromatic carbocycles. The van der Waals surface area contributed by atoms with Crippen LogP contribution in [0.1, 0.15) is 187 Å². The maximum Gasteiger partial charge on any atom is 0.336 e. The van der Waals surface area contributed by atoms with Gasteiger partial charge in [0.2, 0.25) is 0 Å². The molecule has 0 saturated carbocycles. The molecule has 0 aromatic rings. The molecule has 0 radical (unpaired) electrons. The topological polar surface area (TPSA) is 127 Å². The van der Waals surface area contributed by atoms with Crippen LogP contribution in [0.4, 0.5) is 0 Å². The van der Waals surface area contributed by atoms with Crippen molar-refractivity contribution in [3.63, 3.8) is 0 Å². The standard InChI is InChI=1S/C35H64O8/c1-3-5-7-9-11-12-13-14-15-16-17-18-19-20-21-22-24-26-28-42-32(37)29-35(41,34(39)40)30-33(38)43-31(36)27-25-23-10-8-6-4-2/h41H,3-30H2,1-2H3,(H,39,40). The molecule has 0 aliphatic heterocycles. The third kappa shape index (κ3) is 26.2. The zero-order valence-corrected chi connectivity index (χ0v) is 27.6. The van der Waals surface area contributed by atoms with Gasteiger partial charge in [-0.1, -0.05) is 155 Å². The number of carboxylic acid groups (broad SMARTS) is 1. The van der Waals surface area contributed by atoms with E-state index in [1.165, 1.54) is 89.9 Å². The van der Waals surface area contributed by atoms with Crippen molar-refractivity contribution in [2.75, 3.05) is 6.61 Å². The Morgan fingerprint density at radius 2 is 0.837 bits per heavy atom. The smallest absolute Gasteiger partial charge is 0.336 e. The zero-order valence-electron chi connectivity index (χ0n) is 27.6. The molecule has 1 unspecified atom stereocenters. The molecule has 0 rings (SSSR count). The Morgan fingerprint density at radius 3 is 1.23 bits per heavy atom. The van der Waals surface area contributed by atoms with Crippen LogP contribution in [-0.4, -0.2) is 46.3 Å². The Labute approximate surface area is 262 Å². The second kappa shape index (κ2) is 28.8. The van der Waals surface area contributed by atoms with Crippen LogP contribution in [0, 0.1) is 0 Å². The Kier molecular flexibility index (Phi) is 27.5. The Morgan fingerprint density at radius 1 is 0.488 bits per heavy atom. The minimum Gasteiger partial charge on any atom is -0.479 e. The van der Waals surface area contributed by atoms with Gasteiger partial charge in [-0.05, 0) is 12.8 Å². The zero-order chi connectivity index (χ0) is 32.0. The van der Waals surface area contributed by atoms with E-state index in [2.05, 4.69) is 18.6 Å². The summed E-state index contributed by atoms with van der Waals surface area (Å²) in [6, 6.07) is 0. The molecule has 0 heterocycles. The summed E-state index contributed by atoms with van der Waals surface area (Å²) in [6.07, 6.45) is 26.5. The number of carbonyl (C=O) groups is 4. The highest BCUT2D eigenvalue weighted by molar-refractivity contribution is 5.92. The minimum absolute atomic E-state index is 0.0464. The summed E-state index contributed by atoms with van der Waals surface area (Å²) in [5, 5.41) is 19.8. The second-order valence-corrected chi connectivity index (χ2v) is 12.3. The van der Waals surface area contributed by atoms with Crippen LogP contribution in [0.15, 0.2) is 0 Å². The van der Waals surface area contributed by atoms with Crippen LogP contribution in [-0.2, 0) is 28.7 Å². The predicted octanol–water partition coefficient (Wildman–Crippen LogP) is 8.99. The van der Waals surface area contributed by atoms with E-state index in [1.54, 1.807) is 0 Å². The monoisotopic (exact) mass is 612 g/mol. The maximum atomic E-state index is 12.1. The summed E-state index contributed by atoms with van der Waals surface area (Å²) < 4.78 is 9.75. The van der Waals surface area contributed by atoms with Gasteiger partial charge in [-0.2, -0.15) is 0 Å². The van der Waals surface area contributed by atoms with E-state index < -0.39 is 42.3 Å². The van der Waals surface area contributed by atoms with E-state index in [1.807, 2.05) is 0 Å². The lowest BCUT2D eigenvalue weighted by molar-refractivity contribution is -0.175. The Bertz CT molecular complexity index is 723. The fraction of sp³-hybridized carbons (Fsp3) is 0.886. The molecular weight excluding hydrogens is 548 g/mol. The molecule has 0 bridgehead atoms. The maximum absolute atomic E-state index is 12.1. The van der Waals surface area contributed by atoms with E-state index in [4.69, 9.17) is 4.74 Å². The number of carboxylic acids is 1. The molecule has 1 atom stereocenters. The van der Waals surface area contributed by atoms with Gasteiger partial charge in [-0.25, -0.2) is 4.79 Å². The molecule has 2 N–H and O–H groups in total. The van der Waals surface area contributed by atoms with E-state index in [0.29, 0.717) is 12.8 Å². The summed E-state index contributed by atoms with van der Waals surface area (Å²) in [6.45, 7) is 4.51. The van der Waals surface area contributed by atoms with Crippen LogP contribution in [0.3, 0.4) is 0 Å². The molecule has 43 heavy (non-hydrogen) atoms. The first-order valence-electron chi connectivity index (χ1n) is 17.6. The van der Waals surface area contributed by atoms with Crippen molar-refractivity contribution in [2.24, 2.45) is 0 Å². The number of hydrogen-bond acceptors (Lipinski definition) is 7. The summed E-state index contributed by atoms with van der Waals surface area (Å²) in [4.78, 5) is 47.6. The number of aliphatic carboxylic acids is 1. The minimum atomic E-state index is -2.68. The summed E-state index contributed by atoms with van der Waals surface area (Å²) in [7, 11) is 0. The Balaban J connectivity index is 3.82. The highest BCUT2D eigenvalue weighted by atomic mass is 16.6. The predicted molar refractivity (Wildman–Crippen MR) is 171 cm³/mol. The lowest BCUT2D eigenvalue weighted by Crippen LogP contribution is -2.43. The van der Waals surface area contributed by atoms with Crippen molar-refractivity contribution in [1.82, 2.24) is 0 Å². The van der Waals surface area contributed by atoms with Crippen molar-refractivity contribution in [2.45, 2.75) is 193 Å². The molecule has 0 aliphatic carbocycles. The molecule has 0 aliphatic rings. The first kappa shape index (κ1) is 41.0. The average molecular weight is 613 g/mol. The fourth-order valence-corrected chi connectivity index (χ4v) is 5.20. The fourth-order valence-electron chi connectivity index (χ4n) is 5.20. The van der Waals surface area contributed by atoms with E-state index >= 15 is 0 Å². The number of ether oxygens (including phenoxy) is 2. The number of carbonyl (C=O) groups excluding carboxylic acids is 3. The molecule has 0 saturated heterocycles. The van der Waals surface area contributed by atoms with Crippen molar-refractivity contribution >= 4 is 23.9 Å². The van der Waals surface area contributed by atoms with Gasteiger partial charge in [0.25, 0.3) is 0 Å². The Hall–Kier alpha value is -1.96. The largest absolute Gasteiger partial charge is 0.479 e. The van der Waals surface area contributed by atoms with E-state index in [-0.39, 0.29) is 13.0 Å². The molecule has 8 heteroatoms. The van der Waals surface area contributed by atoms with Gasteiger partial charge < -0.3 is 19.7 Å². The van der Waals surface area contributed by atoms with Gasteiger partial charge in [-0.15, -0.1) is 0 Å². The number of hydrogen-bond donors (Lipinski definition) is 2. The molecule has 0 fully saturated rings. The van der Waals surface area contributed by atoms with E-state index in [9.17, 15) is 29.4 Å². The van der Waals surface area contributed by atoms with Crippen LogP contribution >= 0.6 is 0 Å². The molecule has 0 amide bonds. The molecule has 252 valence electrons. The van der Waals surface area contributed by atoms with Gasteiger partial charge in [0.05, 0.1) is 19.4 Å². The second-order valence-electron chi connectivity index (χ2n) is 12.3. The average Bonchev–Trinajstić information content (AvgIpc) is 2.95. The SMILES string of the molecule is CCCCCCCCCCCCCCCCCCCCOC(=O)CC(O)(CC(=O)OC(=O)CCCCCCCC)C(=O)O. The van der Waals surface area contributed by atoms with Crippen LogP contribution < -0.4 is 0 Å². The first-order valence-corrected chi connectivity index (χ1v) is 17.6. The van der Waals surface area contributed by atoms with Gasteiger partial charge in [0.1, 0.15) is 0 Å². The van der Waals surface area contributed by atoms with Crippen molar-refractivity contribution in [1.29, 1.82) is 0 Å². The molecule has 8 nitrogen and oxygen atoms in total. The lowest BCUT2D eigenvalue weighted by atomic mass is 9.96. The lowest BCUT2D eigenvalue weighted by Gasteiger charge is -2.21. The van der Waals surface area contributed by atoms with E-state index in [0.717, 1.165) is 51.4 Å². The quantitative estimate of drug-likeness (QED) is 0.0451. The summed E-state index contributed by atoms with van der Waals surface area (Å²) in [5.74, 6) is -4.57. The molecule has 0 spiro atoms. The number of aliphatic hydroxyl groups is 1. The van der Waals surface area contributed by atoms with Gasteiger partial charge in [0.15, 0.2) is 5.60 Å². The molecular formula is C35H64O8. The normalized spacial score (nSPS) is 12.5. The van der Waals surface area contributed by atoms with Crippen LogP contribution in [0.5, 0.6) is 0 Å². The van der Waals surface area contributed by atoms with Gasteiger partial charge >= 0.3 is 23.9 Å². The van der Waals surface area contributed by atoms with Gasteiger partial charge in [0, 0.05) is 6.42 Å². The van der Waals surface area contributed by atoms with Gasteiger partial charge in [-0.3, -0.25) is 14.4 Å². The van der Waals surface area contributed by atoms with Crippen molar-refractivity contribution in [3.05, 3.63) is 0 Å². The summed E-state index contributed by atoms with van der Waals surface area (Å²) in [5.41, 5.74) is -2.68. The van der Waals surface area contributed by atoms with Crippen LogP contribution in [0.2, 0.25) is 0 Å². The summed E-state index contributed by atoms with van der Waals surface area (Å²) >= 11 is 0. The van der Waals surface area contributed by atoms with Crippen molar-refractivity contribution in [3.8, 4) is 0 Å². The van der Waals surface area contributed by atoms with Crippen LogP contribution in [0.25, 0.3) is 0 Å². The molecule has 0 aromatic heterocycles. The number of unbranched alkanes of at least 4 members (excludes halogenated alkanes) is 22. The highest BCUT2D eigenvalue weighted by Gasteiger charge is 2.42. The third-order valence-corrected chi connectivity index (χ3v) is 7.99.